The monoisotopic (exact) mass is 556 g/mol. The van der Waals surface area contributed by atoms with Gasteiger partial charge in [-0.2, -0.15) is 0 Å². The number of carbonyl (C=O) groups is 2. The van der Waals surface area contributed by atoms with Gasteiger partial charge >= 0.3 is 6.03 Å². The number of piperidine rings is 2. The van der Waals surface area contributed by atoms with E-state index >= 15 is 0 Å². The highest BCUT2D eigenvalue weighted by Gasteiger charge is 2.44. The summed E-state index contributed by atoms with van der Waals surface area (Å²) in [6.07, 6.45) is 8.42. The normalized spacial score (nSPS) is 24.8. The number of imidazole rings is 1. The molecule has 0 aliphatic carbocycles. The Bertz CT molecular complexity index is 1360. The van der Waals surface area contributed by atoms with Crippen LogP contribution < -0.4 is 11.1 Å². The first-order valence-corrected chi connectivity index (χ1v) is 15.5. The van der Waals surface area contributed by atoms with E-state index in [1.807, 2.05) is 11.8 Å². The number of benzene rings is 2. The number of likely N-dealkylation sites (tertiary alicyclic amines) is 1. The number of hydrogen-bond acceptors (Lipinski definition) is 4. The lowest BCUT2D eigenvalue weighted by Crippen LogP contribution is -2.54. The molecule has 2 unspecified atom stereocenters. The van der Waals surface area contributed by atoms with Crippen molar-refractivity contribution in [3.63, 3.8) is 0 Å². The number of urea groups is 1. The largest absolute Gasteiger partial charge is 0.352 e. The number of nitrogens with one attached hydrogen (secondary N) is 1. The van der Waals surface area contributed by atoms with E-state index in [2.05, 4.69) is 76.3 Å². The zero-order chi connectivity index (χ0) is 28.6. The summed E-state index contributed by atoms with van der Waals surface area (Å²) in [7, 11) is 0. The van der Waals surface area contributed by atoms with Gasteiger partial charge in [-0.05, 0) is 87.9 Å². The van der Waals surface area contributed by atoms with Gasteiger partial charge in [-0.1, -0.05) is 49.4 Å². The first-order valence-electron chi connectivity index (χ1n) is 15.5. The SMILES string of the molecule is CCC(NC(N)=O)C(=O)N1CCC(CCN2[C@@H]3CC[C@H]2CC(n2c(C)nc4ccccc42)C3)(c2ccccc2)CC1. The van der Waals surface area contributed by atoms with E-state index in [1.165, 1.54) is 36.8 Å². The number of fused-ring (bicyclic) bond motifs is 3. The fourth-order valence-corrected chi connectivity index (χ4v) is 8.15. The van der Waals surface area contributed by atoms with Gasteiger partial charge in [-0.25, -0.2) is 9.78 Å². The fraction of sp³-hybridized carbons (Fsp3) is 0.545. The number of amides is 3. The number of primary amides is 1. The van der Waals surface area contributed by atoms with Crippen molar-refractivity contribution < 1.29 is 9.59 Å². The summed E-state index contributed by atoms with van der Waals surface area (Å²) in [6.45, 7) is 6.56. The average molecular weight is 557 g/mol. The van der Waals surface area contributed by atoms with Crippen molar-refractivity contribution in [2.24, 2.45) is 5.73 Å². The lowest BCUT2D eigenvalue weighted by molar-refractivity contribution is -0.135. The second kappa shape index (κ2) is 11.5. The number of nitrogens with zero attached hydrogens (tertiary/aromatic N) is 4. The van der Waals surface area contributed by atoms with Crippen LogP contribution in [-0.2, 0) is 10.2 Å². The fourth-order valence-electron chi connectivity index (χ4n) is 8.15. The van der Waals surface area contributed by atoms with Crippen molar-refractivity contribution in [2.45, 2.75) is 94.8 Å². The Kier molecular flexibility index (Phi) is 7.77. The quantitative estimate of drug-likeness (QED) is 0.412. The summed E-state index contributed by atoms with van der Waals surface area (Å²) in [6, 6.07) is 20.0. The van der Waals surface area contributed by atoms with Crippen LogP contribution >= 0.6 is 0 Å². The lowest BCUT2D eigenvalue weighted by atomic mass is 9.70. The van der Waals surface area contributed by atoms with Gasteiger partial charge in [0.05, 0.1) is 11.0 Å². The highest BCUT2D eigenvalue weighted by Crippen LogP contribution is 2.45. The van der Waals surface area contributed by atoms with E-state index in [0.717, 1.165) is 37.1 Å². The van der Waals surface area contributed by atoms with Gasteiger partial charge in [0.15, 0.2) is 0 Å². The topological polar surface area (TPSA) is 96.5 Å². The first kappa shape index (κ1) is 27.8. The van der Waals surface area contributed by atoms with Gasteiger partial charge < -0.3 is 20.5 Å². The minimum Gasteiger partial charge on any atom is -0.352 e. The van der Waals surface area contributed by atoms with Crippen LogP contribution in [0.1, 0.15) is 75.7 Å². The smallest absolute Gasteiger partial charge is 0.312 e. The van der Waals surface area contributed by atoms with Crippen LogP contribution in [0.4, 0.5) is 4.79 Å². The maximum Gasteiger partial charge on any atom is 0.312 e. The first-order chi connectivity index (χ1) is 19.9. The van der Waals surface area contributed by atoms with Crippen LogP contribution in [0.15, 0.2) is 54.6 Å². The molecule has 2 aromatic carbocycles. The second-order valence-corrected chi connectivity index (χ2v) is 12.5. The van der Waals surface area contributed by atoms with Gasteiger partial charge in [0, 0.05) is 31.2 Å². The van der Waals surface area contributed by atoms with Crippen molar-refractivity contribution >= 4 is 23.0 Å². The summed E-state index contributed by atoms with van der Waals surface area (Å²) < 4.78 is 2.51. The molecule has 0 radical (unpaired) electrons. The standard InChI is InChI=1S/C33H44N6O2/c1-3-28(36-32(34)41)31(40)37-18-15-33(16-19-37,24-9-5-4-6-10-24)17-20-38-25-13-14-26(38)22-27(21-25)39-23(2)35-29-11-7-8-12-30(29)39/h4-12,25-28H,3,13-22H2,1-2H3,(H3,34,36,41)/t25-,26+,27?,28?. The summed E-state index contributed by atoms with van der Waals surface area (Å²) in [5.74, 6) is 1.11. The summed E-state index contributed by atoms with van der Waals surface area (Å²) in [4.78, 5) is 34.2. The Balaban J connectivity index is 1.15. The molecular formula is C33H44N6O2. The molecule has 41 heavy (non-hydrogen) atoms. The van der Waals surface area contributed by atoms with Gasteiger partial charge in [0.25, 0.3) is 0 Å². The molecule has 3 fully saturated rings. The zero-order valence-electron chi connectivity index (χ0n) is 24.5. The number of aryl methyl sites for hydroxylation is 1. The van der Waals surface area contributed by atoms with E-state index in [0.29, 0.717) is 37.6 Å². The van der Waals surface area contributed by atoms with Gasteiger partial charge in [-0.15, -0.1) is 0 Å². The van der Waals surface area contributed by atoms with Crippen molar-refractivity contribution in [3.05, 3.63) is 66.0 Å². The van der Waals surface area contributed by atoms with Crippen molar-refractivity contribution in [1.82, 2.24) is 24.7 Å². The highest BCUT2D eigenvalue weighted by atomic mass is 16.2. The Morgan fingerprint density at radius 2 is 1.66 bits per heavy atom. The predicted octanol–water partition coefficient (Wildman–Crippen LogP) is 4.91. The van der Waals surface area contributed by atoms with Crippen LogP contribution in [0.3, 0.4) is 0 Å². The molecule has 3 aliphatic rings. The summed E-state index contributed by atoms with van der Waals surface area (Å²) in [5, 5.41) is 2.63. The van der Waals surface area contributed by atoms with E-state index in [9.17, 15) is 9.59 Å². The number of nitrogens with two attached hydrogens (primary N) is 1. The highest BCUT2D eigenvalue weighted by molar-refractivity contribution is 5.86. The van der Waals surface area contributed by atoms with Gasteiger partial charge in [0.2, 0.25) is 5.91 Å². The van der Waals surface area contributed by atoms with Gasteiger partial charge in [0.1, 0.15) is 11.9 Å². The summed E-state index contributed by atoms with van der Waals surface area (Å²) in [5.41, 5.74) is 9.13. The molecule has 6 rings (SSSR count). The molecule has 2 bridgehead atoms. The van der Waals surface area contributed by atoms with Gasteiger partial charge in [-0.3, -0.25) is 9.69 Å². The van der Waals surface area contributed by atoms with Crippen molar-refractivity contribution in [3.8, 4) is 0 Å². The zero-order valence-corrected chi connectivity index (χ0v) is 24.5. The molecule has 3 N–H and O–H groups in total. The number of carbonyl (C=O) groups excluding carboxylic acids is 2. The van der Waals surface area contributed by atoms with Crippen LogP contribution in [0.25, 0.3) is 11.0 Å². The molecular weight excluding hydrogens is 512 g/mol. The molecule has 3 aliphatic heterocycles. The molecule has 8 heteroatoms. The molecule has 3 saturated heterocycles. The molecule has 1 aromatic heterocycles. The second-order valence-electron chi connectivity index (χ2n) is 12.5. The Hall–Kier alpha value is -3.39. The Morgan fingerprint density at radius 3 is 2.32 bits per heavy atom. The van der Waals surface area contributed by atoms with Crippen LogP contribution in [0.2, 0.25) is 0 Å². The molecule has 8 nitrogen and oxygen atoms in total. The third kappa shape index (κ3) is 5.34. The lowest BCUT2D eigenvalue weighted by Gasteiger charge is -2.46. The molecule has 3 amide bonds. The summed E-state index contributed by atoms with van der Waals surface area (Å²) >= 11 is 0. The Labute approximate surface area is 243 Å². The maximum atomic E-state index is 13.2. The number of para-hydroxylation sites is 2. The molecule has 4 atom stereocenters. The number of rotatable bonds is 8. The molecule has 218 valence electrons. The number of aromatic nitrogens is 2. The van der Waals surface area contributed by atoms with Crippen LogP contribution in [0.5, 0.6) is 0 Å². The van der Waals surface area contributed by atoms with E-state index in [4.69, 9.17) is 10.7 Å². The molecule has 0 saturated carbocycles. The van der Waals surface area contributed by atoms with Crippen LogP contribution in [0, 0.1) is 6.92 Å². The Morgan fingerprint density at radius 1 is 1.00 bits per heavy atom. The minimum absolute atomic E-state index is 0.0182. The number of hydrogen-bond donors (Lipinski definition) is 2. The average Bonchev–Trinajstić information content (AvgIpc) is 3.45. The minimum atomic E-state index is -0.643. The van der Waals surface area contributed by atoms with E-state index in [-0.39, 0.29) is 11.3 Å². The predicted molar refractivity (Wildman–Crippen MR) is 162 cm³/mol. The van der Waals surface area contributed by atoms with E-state index in [1.54, 1.807) is 0 Å². The molecule has 4 heterocycles. The third-order valence-corrected chi connectivity index (χ3v) is 10.3. The molecule has 3 aromatic rings. The van der Waals surface area contributed by atoms with Crippen molar-refractivity contribution in [2.75, 3.05) is 19.6 Å². The van der Waals surface area contributed by atoms with Crippen molar-refractivity contribution in [1.29, 1.82) is 0 Å². The molecule has 0 spiro atoms. The van der Waals surface area contributed by atoms with E-state index < -0.39 is 12.1 Å². The third-order valence-electron chi connectivity index (χ3n) is 10.3. The maximum absolute atomic E-state index is 13.2. The van der Waals surface area contributed by atoms with Crippen LogP contribution in [-0.4, -0.2) is 69.0 Å².